The van der Waals surface area contributed by atoms with E-state index in [9.17, 15) is 19.2 Å². The lowest BCUT2D eigenvalue weighted by Gasteiger charge is -2.14. The van der Waals surface area contributed by atoms with Gasteiger partial charge >= 0.3 is 11.6 Å². The van der Waals surface area contributed by atoms with Crippen LogP contribution in [0.5, 0.6) is 11.5 Å². The van der Waals surface area contributed by atoms with Gasteiger partial charge in [-0.15, -0.1) is 0 Å². The standard InChI is InChI=1S/C13H18O4Si.C7H6O2.C6H13ClO2Si/c1-18(2,3)9-8-16-13(15)17-12-6-4-11(10-14)5-7-12;8-5-6-1-3-7(9)4-2-6;1-10(2,3)5-4-9-6(7)8/h4-7,10H,8-9H2,1-3H3;1-5,9H;4-5H2,1-3H3. The van der Waals surface area contributed by atoms with E-state index in [-0.39, 0.29) is 5.75 Å². The van der Waals surface area contributed by atoms with Gasteiger partial charge in [0.1, 0.15) is 24.1 Å². The molecular weight excluding hydrogens is 532 g/mol. The molecule has 0 amide bonds. The first-order valence-electron chi connectivity index (χ1n) is 11.6. The number of hydrogen-bond donors (Lipinski definition) is 1. The van der Waals surface area contributed by atoms with Crippen molar-refractivity contribution in [2.24, 2.45) is 0 Å². The van der Waals surface area contributed by atoms with Gasteiger partial charge in [0, 0.05) is 38.9 Å². The van der Waals surface area contributed by atoms with Crippen molar-refractivity contribution in [3.8, 4) is 11.5 Å². The monoisotopic (exact) mass is 568 g/mol. The van der Waals surface area contributed by atoms with Crippen LogP contribution in [-0.4, -0.2) is 58.6 Å². The maximum atomic E-state index is 11.4. The molecule has 204 valence electrons. The summed E-state index contributed by atoms with van der Waals surface area (Å²) < 4.78 is 14.5. The van der Waals surface area contributed by atoms with E-state index in [4.69, 9.17) is 26.2 Å². The highest BCUT2D eigenvalue weighted by atomic mass is 35.5. The summed E-state index contributed by atoms with van der Waals surface area (Å²) in [7, 11) is -2.26. The van der Waals surface area contributed by atoms with E-state index in [1.165, 1.54) is 12.1 Å². The number of halogens is 1. The summed E-state index contributed by atoms with van der Waals surface area (Å²) in [6, 6.07) is 14.2. The number of hydrogen-bond acceptors (Lipinski definition) is 8. The molecule has 0 radical (unpaired) electrons. The lowest BCUT2D eigenvalue weighted by atomic mass is 10.2. The number of benzene rings is 2. The lowest BCUT2D eigenvalue weighted by Crippen LogP contribution is -2.23. The van der Waals surface area contributed by atoms with E-state index in [0.717, 1.165) is 24.7 Å². The molecule has 0 unspecified atom stereocenters. The maximum Gasteiger partial charge on any atom is 0.513 e. The summed E-state index contributed by atoms with van der Waals surface area (Å²) in [5.41, 5.74) is 0.417. The second-order valence-electron chi connectivity index (χ2n) is 10.3. The molecule has 2 aromatic carbocycles. The highest BCUT2D eigenvalue weighted by molar-refractivity contribution is 6.76. The van der Waals surface area contributed by atoms with Crippen molar-refractivity contribution in [2.45, 2.75) is 51.4 Å². The summed E-state index contributed by atoms with van der Waals surface area (Å²) >= 11 is 4.96. The molecule has 0 aliphatic heterocycles. The third-order valence-electron chi connectivity index (χ3n) is 4.39. The molecule has 0 aliphatic carbocycles. The number of ether oxygens (including phenoxy) is 3. The highest BCUT2D eigenvalue weighted by Gasteiger charge is 2.15. The summed E-state index contributed by atoms with van der Waals surface area (Å²) in [4.78, 5) is 41.9. The van der Waals surface area contributed by atoms with Crippen molar-refractivity contribution in [2.75, 3.05) is 13.2 Å². The molecule has 0 spiro atoms. The Hall–Kier alpha value is -2.96. The summed E-state index contributed by atoms with van der Waals surface area (Å²) in [5.74, 6) is 0.555. The van der Waals surface area contributed by atoms with E-state index in [2.05, 4.69) is 44.0 Å². The molecule has 0 aliphatic rings. The van der Waals surface area contributed by atoms with Gasteiger partial charge in [-0.1, -0.05) is 39.3 Å². The van der Waals surface area contributed by atoms with Crippen LogP contribution >= 0.6 is 11.6 Å². The molecular formula is C26H37ClO8Si2. The van der Waals surface area contributed by atoms with Crippen LogP contribution in [0, 0.1) is 0 Å². The minimum Gasteiger partial charge on any atom is -0.508 e. The molecule has 37 heavy (non-hydrogen) atoms. The third kappa shape index (κ3) is 20.9. The minimum atomic E-state index is -1.20. The number of phenolic OH excluding ortho intramolecular Hbond substituents is 1. The molecule has 2 rings (SSSR count). The van der Waals surface area contributed by atoms with E-state index in [1.807, 2.05) is 0 Å². The molecule has 0 aromatic heterocycles. The van der Waals surface area contributed by atoms with Crippen LogP contribution in [-0.2, 0) is 9.47 Å². The number of carbonyl (C=O) groups excluding carboxylic acids is 4. The van der Waals surface area contributed by atoms with Gasteiger partial charge in [0.15, 0.2) is 0 Å². The second-order valence-corrected chi connectivity index (χ2v) is 21.9. The Morgan fingerprint density at radius 1 is 0.757 bits per heavy atom. The zero-order valence-electron chi connectivity index (χ0n) is 22.3. The number of rotatable bonds is 9. The zero-order valence-corrected chi connectivity index (χ0v) is 25.0. The van der Waals surface area contributed by atoms with E-state index < -0.39 is 27.7 Å². The van der Waals surface area contributed by atoms with Crippen molar-refractivity contribution < 1.29 is 38.5 Å². The predicted molar refractivity (Wildman–Crippen MR) is 151 cm³/mol. The van der Waals surface area contributed by atoms with Gasteiger partial charge in [-0.05, 0) is 60.6 Å². The Bertz CT molecular complexity index is 966. The lowest BCUT2D eigenvalue weighted by molar-refractivity contribution is 0.104. The Kier molecular flexibility index (Phi) is 16.1. The Morgan fingerprint density at radius 3 is 1.54 bits per heavy atom. The largest absolute Gasteiger partial charge is 0.513 e. The van der Waals surface area contributed by atoms with Crippen LogP contribution < -0.4 is 4.74 Å². The van der Waals surface area contributed by atoms with Crippen LogP contribution in [0.2, 0.25) is 51.4 Å². The number of aldehydes is 2. The number of carbonyl (C=O) groups is 4. The fourth-order valence-corrected chi connectivity index (χ4v) is 3.68. The second kappa shape index (κ2) is 17.5. The molecule has 0 fully saturated rings. The molecule has 0 bridgehead atoms. The van der Waals surface area contributed by atoms with Crippen LogP contribution in [0.4, 0.5) is 9.59 Å². The molecule has 8 nitrogen and oxygen atoms in total. The van der Waals surface area contributed by atoms with Gasteiger partial charge in [-0.3, -0.25) is 9.59 Å². The minimum absolute atomic E-state index is 0.181. The van der Waals surface area contributed by atoms with Crippen LogP contribution in [0.15, 0.2) is 48.5 Å². The smallest absolute Gasteiger partial charge is 0.508 e. The summed E-state index contributed by atoms with van der Waals surface area (Å²) in [6.07, 6.45) is 0.766. The van der Waals surface area contributed by atoms with Gasteiger partial charge in [0.05, 0.1) is 13.2 Å². The fraction of sp³-hybridized carbons (Fsp3) is 0.385. The fourth-order valence-electron chi connectivity index (χ4n) is 2.17. The number of phenols is 1. The predicted octanol–water partition coefficient (Wildman–Crippen LogP) is 7.26. The van der Waals surface area contributed by atoms with Gasteiger partial charge < -0.3 is 19.3 Å². The van der Waals surface area contributed by atoms with Gasteiger partial charge in [-0.2, -0.15) is 0 Å². The Labute approximate surface area is 225 Å². The molecule has 2 aromatic rings. The molecule has 0 atom stereocenters. The van der Waals surface area contributed by atoms with Crippen molar-refractivity contribution in [3.05, 3.63) is 59.7 Å². The zero-order chi connectivity index (χ0) is 28.5. The molecule has 0 heterocycles. The third-order valence-corrected chi connectivity index (χ3v) is 7.90. The summed E-state index contributed by atoms with van der Waals surface area (Å²) in [5, 5.41) is 8.74. The van der Waals surface area contributed by atoms with Crippen molar-refractivity contribution in [1.82, 2.24) is 0 Å². The average molecular weight is 569 g/mol. The Morgan fingerprint density at radius 2 is 1.16 bits per heavy atom. The Balaban J connectivity index is 0.000000577. The van der Waals surface area contributed by atoms with E-state index in [1.54, 1.807) is 36.4 Å². The first kappa shape index (κ1) is 34.0. The quantitative estimate of drug-likeness (QED) is 0.110. The topological polar surface area (TPSA) is 116 Å². The molecule has 1 N–H and O–H groups in total. The van der Waals surface area contributed by atoms with E-state index >= 15 is 0 Å². The van der Waals surface area contributed by atoms with Crippen molar-refractivity contribution >= 4 is 51.9 Å². The van der Waals surface area contributed by atoms with E-state index in [0.29, 0.717) is 30.1 Å². The van der Waals surface area contributed by atoms with Gasteiger partial charge in [-0.25, -0.2) is 9.59 Å². The van der Waals surface area contributed by atoms with Gasteiger partial charge in [0.2, 0.25) is 0 Å². The first-order valence-corrected chi connectivity index (χ1v) is 19.4. The first-order chi connectivity index (χ1) is 17.1. The normalized spacial score (nSPS) is 10.5. The SMILES string of the molecule is C[Si](C)(C)CCOC(=O)Cl.C[Si](C)(C)CCOC(=O)Oc1ccc(C=O)cc1.O=Cc1ccc(O)cc1. The molecule has 0 saturated carbocycles. The van der Waals surface area contributed by atoms with Crippen LogP contribution in [0.1, 0.15) is 20.7 Å². The van der Waals surface area contributed by atoms with Crippen LogP contribution in [0.25, 0.3) is 0 Å². The van der Waals surface area contributed by atoms with Gasteiger partial charge in [0.25, 0.3) is 0 Å². The molecule has 0 saturated heterocycles. The van der Waals surface area contributed by atoms with Crippen molar-refractivity contribution in [1.29, 1.82) is 0 Å². The number of aromatic hydroxyl groups is 1. The molecule has 11 heteroatoms. The van der Waals surface area contributed by atoms with Crippen molar-refractivity contribution in [3.63, 3.8) is 0 Å². The summed E-state index contributed by atoms with van der Waals surface area (Å²) in [6.45, 7) is 14.1. The van der Waals surface area contributed by atoms with Crippen LogP contribution in [0.3, 0.4) is 0 Å². The highest BCUT2D eigenvalue weighted by Crippen LogP contribution is 2.13. The average Bonchev–Trinajstić information content (AvgIpc) is 2.79. The maximum absolute atomic E-state index is 11.4.